The summed E-state index contributed by atoms with van der Waals surface area (Å²) in [6.45, 7) is 5.57. The number of methoxy groups -OCH3 is 1. The Morgan fingerprint density at radius 3 is 2.50 bits per heavy atom. The second-order valence-corrected chi connectivity index (χ2v) is 5.05. The lowest BCUT2D eigenvalue weighted by Crippen LogP contribution is -2.46. The maximum Gasteiger partial charge on any atom is 0.227 e. The van der Waals surface area contributed by atoms with Crippen LogP contribution in [0, 0.1) is 5.92 Å². The van der Waals surface area contributed by atoms with Gasteiger partial charge in [-0.1, -0.05) is 30.3 Å². The second kappa shape index (κ2) is 8.72. The summed E-state index contributed by atoms with van der Waals surface area (Å²) in [4.78, 5) is 14.5. The van der Waals surface area contributed by atoms with Gasteiger partial charge in [0.25, 0.3) is 0 Å². The standard InChI is InChI=1S/C16H26N2O2/c1-4-18(13(2)12-20-3)16(19)15(11-17)10-14-8-6-5-7-9-14/h5-9,13,15H,4,10-12,17H2,1-3H3. The molecule has 2 atom stereocenters. The van der Waals surface area contributed by atoms with Gasteiger partial charge in [-0.2, -0.15) is 0 Å². The molecule has 0 bridgehead atoms. The molecular formula is C16H26N2O2. The molecule has 0 saturated carbocycles. The molecule has 1 amide bonds. The Morgan fingerprint density at radius 2 is 2.00 bits per heavy atom. The van der Waals surface area contributed by atoms with Gasteiger partial charge >= 0.3 is 0 Å². The molecule has 1 aromatic rings. The van der Waals surface area contributed by atoms with Crippen molar-refractivity contribution in [2.45, 2.75) is 26.3 Å². The molecule has 0 aliphatic carbocycles. The molecule has 4 heteroatoms. The molecule has 2 N–H and O–H groups in total. The van der Waals surface area contributed by atoms with Crippen molar-refractivity contribution in [2.75, 3.05) is 26.8 Å². The highest BCUT2D eigenvalue weighted by molar-refractivity contribution is 5.79. The minimum absolute atomic E-state index is 0.0716. The number of carbonyl (C=O) groups is 1. The van der Waals surface area contributed by atoms with Crippen LogP contribution in [0.25, 0.3) is 0 Å². The number of rotatable bonds is 8. The van der Waals surface area contributed by atoms with Crippen molar-refractivity contribution in [3.05, 3.63) is 35.9 Å². The third-order valence-corrected chi connectivity index (χ3v) is 3.52. The highest BCUT2D eigenvalue weighted by Gasteiger charge is 2.25. The molecule has 4 nitrogen and oxygen atoms in total. The van der Waals surface area contributed by atoms with E-state index in [1.54, 1.807) is 7.11 Å². The average molecular weight is 278 g/mol. The van der Waals surface area contributed by atoms with Gasteiger partial charge < -0.3 is 15.4 Å². The Labute approximate surface area is 121 Å². The molecule has 0 aliphatic heterocycles. The van der Waals surface area contributed by atoms with Crippen LogP contribution in [0.5, 0.6) is 0 Å². The summed E-state index contributed by atoms with van der Waals surface area (Å²) in [6.07, 6.45) is 0.687. The minimum atomic E-state index is -0.170. The van der Waals surface area contributed by atoms with E-state index in [2.05, 4.69) is 0 Å². The number of nitrogens with zero attached hydrogens (tertiary/aromatic N) is 1. The van der Waals surface area contributed by atoms with Gasteiger partial charge in [0, 0.05) is 20.2 Å². The van der Waals surface area contributed by atoms with Gasteiger partial charge in [-0.25, -0.2) is 0 Å². The SMILES string of the molecule is CCN(C(=O)C(CN)Cc1ccccc1)C(C)COC. The quantitative estimate of drug-likeness (QED) is 0.787. The van der Waals surface area contributed by atoms with Crippen molar-refractivity contribution in [1.82, 2.24) is 4.90 Å². The van der Waals surface area contributed by atoms with Crippen LogP contribution in [0.3, 0.4) is 0 Å². The number of amides is 1. The smallest absolute Gasteiger partial charge is 0.227 e. The second-order valence-electron chi connectivity index (χ2n) is 5.05. The van der Waals surface area contributed by atoms with Crippen molar-refractivity contribution < 1.29 is 9.53 Å². The number of hydrogen-bond acceptors (Lipinski definition) is 3. The van der Waals surface area contributed by atoms with E-state index in [0.29, 0.717) is 26.1 Å². The molecule has 0 saturated heterocycles. The summed E-state index contributed by atoms with van der Waals surface area (Å²) in [5, 5.41) is 0. The average Bonchev–Trinajstić information content (AvgIpc) is 2.46. The number of ether oxygens (including phenoxy) is 1. The molecule has 0 heterocycles. The van der Waals surface area contributed by atoms with Crippen molar-refractivity contribution in [2.24, 2.45) is 11.7 Å². The monoisotopic (exact) mass is 278 g/mol. The summed E-state index contributed by atoms with van der Waals surface area (Å²) in [7, 11) is 1.65. The predicted octanol–water partition coefficient (Wildman–Crippen LogP) is 1.69. The Kier molecular flexibility index (Phi) is 7.26. The predicted molar refractivity (Wildman–Crippen MR) is 81.4 cm³/mol. The van der Waals surface area contributed by atoms with E-state index in [1.807, 2.05) is 49.1 Å². The Morgan fingerprint density at radius 1 is 1.35 bits per heavy atom. The number of carbonyl (C=O) groups excluding carboxylic acids is 1. The fourth-order valence-corrected chi connectivity index (χ4v) is 2.42. The van der Waals surface area contributed by atoms with E-state index in [4.69, 9.17) is 10.5 Å². The lowest BCUT2D eigenvalue weighted by Gasteiger charge is -2.31. The summed E-state index contributed by atoms with van der Waals surface area (Å²) in [6, 6.07) is 10.1. The molecule has 0 aliphatic rings. The molecule has 0 fully saturated rings. The van der Waals surface area contributed by atoms with Gasteiger partial charge in [0.15, 0.2) is 0 Å². The minimum Gasteiger partial charge on any atom is -0.383 e. The molecule has 0 radical (unpaired) electrons. The number of nitrogens with two attached hydrogens (primary N) is 1. The van der Waals surface area contributed by atoms with Crippen LogP contribution in [0.15, 0.2) is 30.3 Å². The van der Waals surface area contributed by atoms with Gasteiger partial charge in [-0.3, -0.25) is 4.79 Å². The number of likely N-dealkylation sites (N-methyl/N-ethyl adjacent to an activating group) is 1. The molecule has 112 valence electrons. The van der Waals surface area contributed by atoms with Gasteiger partial charge in [0.1, 0.15) is 0 Å². The van der Waals surface area contributed by atoms with E-state index in [9.17, 15) is 4.79 Å². The van der Waals surface area contributed by atoms with Gasteiger partial charge in [-0.05, 0) is 25.8 Å². The Hall–Kier alpha value is -1.39. The largest absolute Gasteiger partial charge is 0.383 e. The normalized spacial score (nSPS) is 13.8. The summed E-state index contributed by atoms with van der Waals surface area (Å²) in [5.41, 5.74) is 6.95. The lowest BCUT2D eigenvalue weighted by atomic mass is 9.97. The van der Waals surface area contributed by atoms with Crippen molar-refractivity contribution in [3.8, 4) is 0 Å². The highest BCUT2D eigenvalue weighted by atomic mass is 16.5. The third kappa shape index (κ3) is 4.62. The van der Waals surface area contributed by atoms with Crippen LogP contribution in [-0.2, 0) is 16.0 Å². The first-order valence-electron chi connectivity index (χ1n) is 7.17. The summed E-state index contributed by atoms with van der Waals surface area (Å²) in [5.74, 6) is -0.0555. The van der Waals surface area contributed by atoms with Gasteiger partial charge in [0.2, 0.25) is 5.91 Å². The zero-order valence-corrected chi connectivity index (χ0v) is 12.7. The van der Waals surface area contributed by atoms with Crippen LogP contribution in [0.1, 0.15) is 19.4 Å². The molecule has 0 aromatic heterocycles. The fourth-order valence-electron chi connectivity index (χ4n) is 2.42. The Bertz CT molecular complexity index is 395. The lowest BCUT2D eigenvalue weighted by molar-refractivity contribution is -0.138. The van der Waals surface area contributed by atoms with Gasteiger partial charge in [-0.15, -0.1) is 0 Å². The van der Waals surface area contributed by atoms with Crippen LogP contribution in [0.2, 0.25) is 0 Å². The van der Waals surface area contributed by atoms with Crippen molar-refractivity contribution in [3.63, 3.8) is 0 Å². The number of benzene rings is 1. The molecule has 2 unspecified atom stereocenters. The van der Waals surface area contributed by atoms with E-state index in [-0.39, 0.29) is 17.9 Å². The van der Waals surface area contributed by atoms with E-state index in [1.165, 1.54) is 0 Å². The van der Waals surface area contributed by atoms with Crippen molar-refractivity contribution >= 4 is 5.91 Å². The summed E-state index contributed by atoms with van der Waals surface area (Å²) < 4.78 is 5.14. The first-order valence-corrected chi connectivity index (χ1v) is 7.17. The first kappa shape index (κ1) is 16.7. The highest BCUT2D eigenvalue weighted by Crippen LogP contribution is 2.13. The van der Waals surface area contributed by atoms with E-state index in [0.717, 1.165) is 5.56 Å². The molecular weight excluding hydrogens is 252 g/mol. The number of hydrogen-bond donors (Lipinski definition) is 1. The van der Waals surface area contributed by atoms with Crippen LogP contribution >= 0.6 is 0 Å². The molecule has 1 rings (SSSR count). The van der Waals surface area contributed by atoms with Crippen LogP contribution in [-0.4, -0.2) is 43.7 Å². The fraction of sp³-hybridized carbons (Fsp3) is 0.562. The van der Waals surface area contributed by atoms with Gasteiger partial charge in [0.05, 0.1) is 18.6 Å². The third-order valence-electron chi connectivity index (χ3n) is 3.52. The topological polar surface area (TPSA) is 55.6 Å². The zero-order valence-electron chi connectivity index (χ0n) is 12.7. The zero-order chi connectivity index (χ0) is 15.0. The van der Waals surface area contributed by atoms with Crippen LogP contribution < -0.4 is 5.73 Å². The molecule has 20 heavy (non-hydrogen) atoms. The van der Waals surface area contributed by atoms with Crippen molar-refractivity contribution in [1.29, 1.82) is 0 Å². The maximum absolute atomic E-state index is 12.6. The maximum atomic E-state index is 12.6. The molecule has 1 aromatic carbocycles. The van der Waals surface area contributed by atoms with E-state index < -0.39 is 0 Å². The summed E-state index contributed by atoms with van der Waals surface area (Å²) >= 11 is 0. The molecule has 0 spiro atoms. The van der Waals surface area contributed by atoms with E-state index >= 15 is 0 Å². The van der Waals surface area contributed by atoms with Crippen LogP contribution in [0.4, 0.5) is 0 Å². The first-order chi connectivity index (χ1) is 9.63. The Balaban J connectivity index is 2.74.